The third-order valence-electron chi connectivity index (χ3n) is 5.73. The second kappa shape index (κ2) is 12.2. The molecule has 4 N–H and O–H groups in total. The van der Waals surface area contributed by atoms with E-state index in [2.05, 4.69) is 15.3 Å². The number of aliphatic hydroxyl groups excluding tert-OH is 1. The molecular weight excluding hydrogens is 433 g/mol. The van der Waals surface area contributed by atoms with Gasteiger partial charge in [0.15, 0.2) is 0 Å². The SMILES string of the molecule is CO.Cc1ccccc1-c1ccc(-c2cnc(N)cn2)c(F)c1.O=C(C1CC1)N1CCNCC1. The van der Waals surface area contributed by atoms with Crippen molar-refractivity contribution in [3.05, 3.63) is 66.2 Å². The van der Waals surface area contributed by atoms with Crippen molar-refractivity contribution in [3.8, 4) is 22.4 Å². The molecule has 2 aromatic carbocycles. The fraction of sp³-hybridized carbons (Fsp3) is 0.346. The Balaban J connectivity index is 0.000000209. The summed E-state index contributed by atoms with van der Waals surface area (Å²) >= 11 is 0. The highest BCUT2D eigenvalue weighted by molar-refractivity contribution is 5.81. The van der Waals surface area contributed by atoms with Crippen LogP contribution in [-0.2, 0) is 4.79 Å². The van der Waals surface area contributed by atoms with E-state index in [1.807, 2.05) is 42.2 Å². The van der Waals surface area contributed by atoms with Gasteiger partial charge in [-0.25, -0.2) is 9.37 Å². The summed E-state index contributed by atoms with van der Waals surface area (Å²) in [5.74, 6) is 0.783. The number of nitrogens with zero attached hydrogens (tertiary/aromatic N) is 3. The molecule has 1 saturated heterocycles. The van der Waals surface area contributed by atoms with E-state index in [4.69, 9.17) is 10.8 Å². The molecule has 2 fully saturated rings. The summed E-state index contributed by atoms with van der Waals surface area (Å²) < 4.78 is 14.4. The van der Waals surface area contributed by atoms with Crippen molar-refractivity contribution in [2.24, 2.45) is 5.92 Å². The number of benzene rings is 2. The highest BCUT2D eigenvalue weighted by Gasteiger charge is 2.33. The van der Waals surface area contributed by atoms with Crippen molar-refractivity contribution in [2.75, 3.05) is 39.0 Å². The lowest BCUT2D eigenvalue weighted by Crippen LogP contribution is -2.46. The zero-order valence-electron chi connectivity index (χ0n) is 19.7. The molecule has 1 aliphatic heterocycles. The summed E-state index contributed by atoms with van der Waals surface area (Å²) in [5, 5.41) is 10.2. The van der Waals surface area contributed by atoms with Gasteiger partial charge in [-0.2, -0.15) is 0 Å². The Kier molecular flexibility index (Phi) is 9.07. The van der Waals surface area contributed by atoms with Gasteiger partial charge in [0.05, 0.1) is 18.1 Å². The standard InChI is InChI=1S/C17H14FN3.C8H14N2O.CH4O/c1-11-4-2-3-5-13(11)12-6-7-14(15(18)8-12)16-9-21-17(19)10-20-16;11-8(7-1-2-7)10-5-3-9-4-6-10;1-2/h2-10H,1H3,(H2,19,21);7,9H,1-6H2;2H,1H3. The third kappa shape index (κ3) is 6.59. The van der Waals surface area contributed by atoms with Crippen LogP contribution < -0.4 is 11.1 Å². The number of rotatable bonds is 3. The summed E-state index contributed by atoms with van der Waals surface area (Å²) in [5.41, 5.74) is 9.35. The van der Waals surface area contributed by atoms with Crippen molar-refractivity contribution in [1.82, 2.24) is 20.2 Å². The van der Waals surface area contributed by atoms with Crippen molar-refractivity contribution >= 4 is 11.7 Å². The molecule has 2 aliphatic rings. The normalized spacial score (nSPS) is 14.9. The predicted molar refractivity (Wildman–Crippen MR) is 132 cm³/mol. The van der Waals surface area contributed by atoms with E-state index in [1.54, 1.807) is 6.07 Å². The van der Waals surface area contributed by atoms with E-state index in [1.165, 1.54) is 18.5 Å². The minimum Gasteiger partial charge on any atom is -0.400 e. The molecule has 0 bridgehead atoms. The number of amides is 1. The number of aryl methyl sites for hydroxylation is 1. The van der Waals surface area contributed by atoms with Crippen LogP contribution in [0.25, 0.3) is 22.4 Å². The van der Waals surface area contributed by atoms with E-state index < -0.39 is 0 Å². The van der Waals surface area contributed by atoms with E-state index in [0.717, 1.165) is 62.8 Å². The van der Waals surface area contributed by atoms with Crippen LogP contribution in [0.4, 0.5) is 10.2 Å². The second-order valence-corrected chi connectivity index (χ2v) is 8.19. The Morgan fingerprint density at radius 3 is 2.35 bits per heavy atom. The number of aromatic nitrogens is 2. The average Bonchev–Trinajstić information content (AvgIpc) is 3.72. The van der Waals surface area contributed by atoms with Crippen LogP contribution in [0.1, 0.15) is 18.4 Å². The second-order valence-electron chi connectivity index (χ2n) is 8.19. The Morgan fingerprint density at radius 2 is 1.76 bits per heavy atom. The summed E-state index contributed by atoms with van der Waals surface area (Å²) in [7, 11) is 1.00. The molecule has 1 aliphatic carbocycles. The molecule has 5 rings (SSSR count). The molecule has 2 heterocycles. The van der Waals surface area contributed by atoms with Gasteiger partial charge in [-0.15, -0.1) is 0 Å². The molecule has 1 amide bonds. The number of nitrogens with one attached hydrogen (secondary N) is 1. The van der Waals surface area contributed by atoms with E-state index in [0.29, 0.717) is 28.9 Å². The number of piperazine rings is 1. The lowest BCUT2D eigenvalue weighted by Gasteiger charge is -2.27. The Bertz CT molecular complexity index is 1080. The number of nitrogen functional groups attached to an aromatic ring is 1. The summed E-state index contributed by atoms with van der Waals surface area (Å²) in [6, 6.07) is 13.0. The van der Waals surface area contributed by atoms with Crippen LogP contribution >= 0.6 is 0 Å². The molecule has 0 atom stereocenters. The largest absolute Gasteiger partial charge is 0.400 e. The molecule has 0 spiro atoms. The minimum atomic E-state index is -0.324. The number of halogens is 1. The zero-order chi connectivity index (χ0) is 24.5. The maximum atomic E-state index is 14.4. The van der Waals surface area contributed by atoms with Crippen molar-refractivity contribution in [1.29, 1.82) is 0 Å². The molecule has 34 heavy (non-hydrogen) atoms. The van der Waals surface area contributed by atoms with Crippen LogP contribution in [0, 0.1) is 18.7 Å². The minimum absolute atomic E-state index is 0.315. The van der Waals surface area contributed by atoms with Gasteiger partial charge in [0.1, 0.15) is 11.6 Å². The molecule has 3 aromatic rings. The first kappa shape index (κ1) is 25.3. The smallest absolute Gasteiger partial charge is 0.225 e. The van der Waals surface area contributed by atoms with Gasteiger partial charge in [0.2, 0.25) is 5.91 Å². The van der Waals surface area contributed by atoms with Crippen molar-refractivity contribution in [3.63, 3.8) is 0 Å². The van der Waals surface area contributed by atoms with Crippen LogP contribution in [0.15, 0.2) is 54.9 Å². The Hall–Kier alpha value is -3.36. The van der Waals surface area contributed by atoms with E-state index >= 15 is 0 Å². The lowest BCUT2D eigenvalue weighted by molar-refractivity contribution is -0.133. The molecule has 180 valence electrons. The average molecular weight is 466 g/mol. The van der Waals surface area contributed by atoms with Crippen LogP contribution in [-0.4, -0.2) is 59.2 Å². The maximum absolute atomic E-state index is 14.4. The first-order valence-corrected chi connectivity index (χ1v) is 11.4. The highest BCUT2D eigenvalue weighted by Crippen LogP contribution is 2.31. The fourth-order valence-electron chi connectivity index (χ4n) is 3.74. The number of hydrogen-bond donors (Lipinski definition) is 3. The maximum Gasteiger partial charge on any atom is 0.225 e. The van der Waals surface area contributed by atoms with Gasteiger partial charge in [0.25, 0.3) is 0 Å². The number of anilines is 1. The van der Waals surface area contributed by atoms with Gasteiger partial charge < -0.3 is 21.1 Å². The Labute approximate surface area is 199 Å². The number of carbonyl (C=O) groups excluding carboxylic acids is 1. The van der Waals surface area contributed by atoms with E-state index in [-0.39, 0.29) is 5.82 Å². The summed E-state index contributed by atoms with van der Waals surface area (Å²) in [6.07, 6.45) is 5.15. The van der Waals surface area contributed by atoms with Gasteiger partial charge in [0, 0.05) is 44.8 Å². The predicted octanol–water partition coefficient (Wildman–Crippen LogP) is 3.28. The van der Waals surface area contributed by atoms with E-state index in [9.17, 15) is 9.18 Å². The summed E-state index contributed by atoms with van der Waals surface area (Å²) in [4.78, 5) is 21.5. The first-order chi connectivity index (χ1) is 16.5. The van der Waals surface area contributed by atoms with Gasteiger partial charge in [-0.1, -0.05) is 30.3 Å². The monoisotopic (exact) mass is 465 g/mol. The van der Waals surface area contributed by atoms with Gasteiger partial charge in [-0.05, 0) is 48.6 Å². The first-order valence-electron chi connectivity index (χ1n) is 11.4. The number of nitrogens with two attached hydrogens (primary N) is 1. The molecule has 8 heteroatoms. The van der Waals surface area contributed by atoms with Crippen LogP contribution in [0.2, 0.25) is 0 Å². The molecule has 0 radical (unpaired) electrons. The number of hydrogen-bond acceptors (Lipinski definition) is 6. The van der Waals surface area contributed by atoms with Gasteiger partial charge in [-0.3, -0.25) is 9.78 Å². The molecule has 0 unspecified atom stereocenters. The lowest BCUT2D eigenvalue weighted by atomic mass is 9.98. The molecule has 1 aromatic heterocycles. The van der Waals surface area contributed by atoms with Crippen LogP contribution in [0.3, 0.4) is 0 Å². The zero-order valence-corrected chi connectivity index (χ0v) is 19.7. The third-order valence-corrected chi connectivity index (χ3v) is 5.73. The number of aliphatic hydroxyl groups is 1. The Morgan fingerprint density at radius 1 is 1.06 bits per heavy atom. The van der Waals surface area contributed by atoms with Crippen molar-refractivity contribution in [2.45, 2.75) is 19.8 Å². The fourth-order valence-corrected chi connectivity index (χ4v) is 3.74. The van der Waals surface area contributed by atoms with Crippen LogP contribution in [0.5, 0.6) is 0 Å². The summed E-state index contributed by atoms with van der Waals surface area (Å²) in [6.45, 7) is 5.77. The highest BCUT2D eigenvalue weighted by atomic mass is 19.1. The topological polar surface area (TPSA) is 104 Å². The van der Waals surface area contributed by atoms with Crippen molar-refractivity contribution < 1.29 is 14.3 Å². The molecular formula is C26H32FN5O2. The quantitative estimate of drug-likeness (QED) is 0.548. The molecule has 7 nitrogen and oxygen atoms in total. The molecule has 1 saturated carbocycles. The number of carbonyl (C=O) groups is 1. The van der Waals surface area contributed by atoms with Gasteiger partial charge >= 0.3 is 0 Å².